The van der Waals surface area contributed by atoms with Gasteiger partial charge in [0.25, 0.3) is 0 Å². The summed E-state index contributed by atoms with van der Waals surface area (Å²) in [7, 11) is 1.91. The van der Waals surface area contributed by atoms with E-state index < -0.39 is 0 Å². The molecular formula is C9H12BrClN2. The smallest absolute Gasteiger partial charge is 0.133 e. The zero-order valence-corrected chi connectivity index (χ0v) is 10.1. The Labute approximate surface area is 91.7 Å². The van der Waals surface area contributed by atoms with Crippen LogP contribution in [-0.4, -0.2) is 14.9 Å². The first-order valence-electron chi connectivity index (χ1n) is 4.11. The number of hydrogen-bond acceptors (Lipinski definition) is 1. The van der Waals surface area contributed by atoms with E-state index in [4.69, 9.17) is 11.6 Å². The third-order valence-corrected chi connectivity index (χ3v) is 3.00. The molecule has 0 aliphatic heterocycles. The van der Waals surface area contributed by atoms with Crippen LogP contribution in [0.5, 0.6) is 0 Å². The van der Waals surface area contributed by atoms with E-state index in [1.54, 1.807) is 6.20 Å². The number of rotatable bonds is 3. The van der Waals surface area contributed by atoms with E-state index in [1.807, 2.05) is 11.6 Å². The van der Waals surface area contributed by atoms with Crippen LogP contribution in [0.15, 0.2) is 11.8 Å². The average Bonchev–Trinajstić information content (AvgIpc) is 2.45. The number of imidazole rings is 1. The summed E-state index contributed by atoms with van der Waals surface area (Å²) in [5, 5.41) is 1.55. The van der Waals surface area contributed by atoms with Crippen molar-refractivity contribution in [3.8, 4) is 0 Å². The molecule has 1 aromatic heterocycles. The standard InChI is InChI=1S/C9H12BrClN2/c1-3-7(5-10)4-9-12-6-8(11)13(9)2/h4,6H,3,5H2,1-2H3/b7-4-. The lowest BCUT2D eigenvalue weighted by atomic mass is 10.2. The number of halogens is 2. The van der Waals surface area contributed by atoms with Crippen molar-refractivity contribution >= 4 is 33.6 Å². The Morgan fingerprint density at radius 3 is 2.85 bits per heavy atom. The molecule has 1 aromatic rings. The van der Waals surface area contributed by atoms with Crippen LogP contribution >= 0.6 is 27.5 Å². The van der Waals surface area contributed by atoms with Gasteiger partial charge in [-0.05, 0) is 12.5 Å². The van der Waals surface area contributed by atoms with Crippen molar-refractivity contribution in [1.29, 1.82) is 0 Å². The predicted octanol–water partition coefficient (Wildman–Crippen LogP) is 3.26. The van der Waals surface area contributed by atoms with Gasteiger partial charge in [0.15, 0.2) is 0 Å². The third-order valence-electron chi connectivity index (χ3n) is 1.93. The topological polar surface area (TPSA) is 17.8 Å². The minimum atomic E-state index is 0.663. The van der Waals surface area contributed by atoms with Crippen molar-refractivity contribution in [2.75, 3.05) is 5.33 Å². The van der Waals surface area contributed by atoms with Crippen molar-refractivity contribution in [1.82, 2.24) is 9.55 Å². The highest BCUT2D eigenvalue weighted by Gasteiger charge is 2.01. The molecule has 72 valence electrons. The maximum Gasteiger partial charge on any atom is 0.133 e. The van der Waals surface area contributed by atoms with Crippen LogP contribution in [0.1, 0.15) is 19.2 Å². The molecule has 0 saturated carbocycles. The van der Waals surface area contributed by atoms with Crippen LogP contribution in [-0.2, 0) is 7.05 Å². The highest BCUT2D eigenvalue weighted by atomic mass is 79.9. The monoisotopic (exact) mass is 262 g/mol. The van der Waals surface area contributed by atoms with Gasteiger partial charge in [-0.25, -0.2) is 4.98 Å². The van der Waals surface area contributed by atoms with Crippen LogP contribution < -0.4 is 0 Å². The first-order valence-corrected chi connectivity index (χ1v) is 5.61. The maximum atomic E-state index is 5.86. The largest absolute Gasteiger partial charge is 0.319 e. The van der Waals surface area contributed by atoms with Crippen LogP contribution in [0, 0.1) is 0 Å². The summed E-state index contributed by atoms with van der Waals surface area (Å²) >= 11 is 9.29. The molecule has 0 radical (unpaired) electrons. The highest BCUT2D eigenvalue weighted by Crippen LogP contribution is 2.14. The van der Waals surface area contributed by atoms with E-state index >= 15 is 0 Å². The molecule has 0 atom stereocenters. The Morgan fingerprint density at radius 2 is 2.46 bits per heavy atom. The zero-order valence-electron chi connectivity index (χ0n) is 7.72. The fourth-order valence-electron chi connectivity index (χ4n) is 0.954. The van der Waals surface area contributed by atoms with Crippen molar-refractivity contribution in [3.05, 3.63) is 22.7 Å². The Balaban J connectivity index is 2.95. The fraction of sp³-hybridized carbons (Fsp3) is 0.444. The van der Waals surface area contributed by atoms with Gasteiger partial charge in [-0.1, -0.05) is 40.0 Å². The summed E-state index contributed by atoms with van der Waals surface area (Å²) in [5.41, 5.74) is 1.31. The molecule has 2 nitrogen and oxygen atoms in total. The number of nitrogens with zero attached hydrogens (tertiary/aromatic N) is 2. The maximum absolute atomic E-state index is 5.86. The molecule has 1 rings (SSSR count). The molecule has 0 fully saturated rings. The molecule has 0 bridgehead atoms. The minimum Gasteiger partial charge on any atom is -0.319 e. The van der Waals surface area contributed by atoms with Gasteiger partial charge in [0, 0.05) is 12.4 Å². The van der Waals surface area contributed by atoms with E-state index in [-0.39, 0.29) is 0 Å². The van der Waals surface area contributed by atoms with Gasteiger partial charge in [-0.2, -0.15) is 0 Å². The van der Waals surface area contributed by atoms with Crippen molar-refractivity contribution < 1.29 is 0 Å². The lowest BCUT2D eigenvalue weighted by Gasteiger charge is -2.00. The van der Waals surface area contributed by atoms with E-state index in [0.717, 1.165) is 17.6 Å². The molecule has 0 aliphatic rings. The molecule has 0 unspecified atom stereocenters. The molecule has 0 N–H and O–H groups in total. The summed E-state index contributed by atoms with van der Waals surface area (Å²) in [6, 6.07) is 0. The third kappa shape index (κ3) is 2.58. The van der Waals surface area contributed by atoms with Crippen LogP contribution in [0.4, 0.5) is 0 Å². The van der Waals surface area contributed by atoms with Crippen LogP contribution in [0.25, 0.3) is 6.08 Å². The van der Waals surface area contributed by atoms with Crippen molar-refractivity contribution in [3.63, 3.8) is 0 Å². The molecule has 0 spiro atoms. The van der Waals surface area contributed by atoms with E-state index in [1.165, 1.54) is 5.57 Å². The second-order valence-corrected chi connectivity index (χ2v) is 3.74. The van der Waals surface area contributed by atoms with Gasteiger partial charge in [-0.3, -0.25) is 0 Å². The molecule has 0 amide bonds. The Bertz CT molecular complexity index is 311. The predicted molar refractivity (Wildman–Crippen MR) is 60.3 cm³/mol. The minimum absolute atomic E-state index is 0.663. The zero-order chi connectivity index (χ0) is 9.84. The van der Waals surface area contributed by atoms with Gasteiger partial charge in [0.1, 0.15) is 11.0 Å². The van der Waals surface area contributed by atoms with Gasteiger partial charge in [0.2, 0.25) is 0 Å². The van der Waals surface area contributed by atoms with Gasteiger partial charge in [-0.15, -0.1) is 0 Å². The second kappa shape index (κ2) is 4.82. The highest BCUT2D eigenvalue weighted by molar-refractivity contribution is 9.09. The summed E-state index contributed by atoms with van der Waals surface area (Å²) in [6.45, 7) is 2.12. The summed E-state index contributed by atoms with van der Waals surface area (Å²) in [5.74, 6) is 0.904. The lowest BCUT2D eigenvalue weighted by molar-refractivity contribution is 0.895. The molecule has 13 heavy (non-hydrogen) atoms. The van der Waals surface area contributed by atoms with Crippen molar-refractivity contribution in [2.24, 2.45) is 7.05 Å². The molecule has 0 saturated heterocycles. The lowest BCUT2D eigenvalue weighted by Crippen LogP contribution is -1.93. The molecule has 0 aromatic carbocycles. The second-order valence-electron chi connectivity index (χ2n) is 2.79. The SMILES string of the molecule is CC/C(=C/c1ncc(Cl)n1C)CBr. The van der Waals surface area contributed by atoms with E-state index in [2.05, 4.69) is 33.9 Å². The van der Waals surface area contributed by atoms with Crippen LogP contribution in [0.3, 0.4) is 0 Å². The number of aromatic nitrogens is 2. The fourth-order valence-corrected chi connectivity index (χ4v) is 1.65. The average molecular weight is 264 g/mol. The van der Waals surface area contributed by atoms with Crippen LogP contribution in [0.2, 0.25) is 5.15 Å². The molecule has 4 heteroatoms. The normalized spacial score (nSPS) is 12.2. The molecular weight excluding hydrogens is 251 g/mol. The summed E-state index contributed by atoms with van der Waals surface area (Å²) in [6.07, 6.45) is 4.74. The summed E-state index contributed by atoms with van der Waals surface area (Å²) in [4.78, 5) is 4.18. The Kier molecular flexibility index (Phi) is 4.00. The first kappa shape index (κ1) is 10.8. The number of allylic oxidation sites excluding steroid dienone is 1. The van der Waals surface area contributed by atoms with Gasteiger partial charge in [0.05, 0.1) is 6.20 Å². The van der Waals surface area contributed by atoms with Crippen molar-refractivity contribution in [2.45, 2.75) is 13.3 Å². The van der Waals surface area contributed by atoms with Gasteiger partial charge >= 0.3 is 0 Å². The first-order chi connectivity index (χ1) is 6.19. The Hall–Kier alpha value is -0.280. The quantitative estimate of drug-likeness (QED) is 0.766. The van der Waals surface area contributed by atoms with E-state index in [9.17, 15) is 0 Å². The summed E-state index contributed by atoms with van der Waals surface area (Å²) < 4.78 is 1.86. The number of hydrogen-bond donors (Lipinski definition) is 0. The number of alkyl halides is 1. The molecule has 1 heterocycles. The molecule has 0 aliphatic carbocycles. The van der Waals surface area contributed by atoms with E-state index in [0.29, 0.717) is 5.15 Å². The van der Waals surface area contributed by atoms with Gasteiger partial charge < -0.3 is 4.57 Å². The Morgan fingerprint density at radius 1 is 1.77 bits per heavy atom.